The van der Waals surface area contributed by atoms with Gasteiger partial charge < -0.3 is 19.4 Å². The minimum atomic E-state index is -4.55. The molecule has 1 aromatic carbocycles. The zero-order valence-corrected chi connectivity index (χ0v) is 20.7. The van der Waals surface area contributed by atoms with Crippen molar-refractivity contribution < 1.29 is 27.4 Å². The van der Waals surface area contributed by atoms with Gasteiger partial charge in [0.15, 0.2) is 17.2 Å². The minimum Gasteiger partial charge on any atom is -0.480 e. The first-order valence-corrected chi connectivity index (χ1v) is 11.9. The fourth-order valence-corrected chi connectivity index (χ4v) is 4.54. The molecule has 0 aliphatic heterocycles. The van der Waals surface area contributed by atoms with Crippen molar-refractivity contribution in [1.29, 1.82) is 0 Å². The number of benzene rings is 1. The molecular weight excluding hydrogens is 518 g/mol. The Morgan fingerprint density at radius 3 is 2.49 bits per heavy atom. The van der Waals surface area contributed by atoms with E-state index in [1.165, 1.54) is 31.2 Å². The maximum Gasteiger partial charge on any atom is 0.434 e. The molecule has 13 heteroatoms. The molecule has 200 valence electrons. The van der Waals surface area contributed by atoms with Gasteiger partial charge >= 0.3 is 6.18 Å². The number of nitrogens with zero attached hydrogens (tertiary/aromatic N) is 6. The number of imidazole rings is 1. The summed E-state index contributed by atoms with van der Waals surface area (Å²) in [5.41, 5.74) is 0.125. The highest BCUT2D eigenvalue weighted by molar-refractivity contribution is 5.82. The number of hydrogen-bond donors (Lipinski definition) is 2. The number of aliphatic hydroxyl groups is 1. The average Bonchev–Trinajstić information content (AvgIpc) is 3.34. The molecule has 4 heterocycles. The number of methoxy groups -OCH3 is 1. The molecule has 1 unspecified atom stereocenters. The normalized spacial score (nSPS) is 15.5. The summed E-state index contributed by atoms with van der Waals surface area (Å²) in [7, 11) is 2.89. The number of aromatic amines is 1. The van der Waals surface area contributed by atoms with Crippen molar-refractivity contribution in [2.75, 3.05) is 7.11 Å². The number of aliphatic hydroxyl groups excluding tert-OH is 1. The maximum atomic E-state index is 15.1. The molecule has 0 bridgehead atoms. The number of rotatable bonds is 6. The zero-order chi connectivity index (χ0) is 27.5. The predicted octanol–water partition coefficient (Wildman–Crippen LogP) is 4.88. The molecular formula is C26H21F4N7O2. The summed E-state index contributed by atoms with van der Waals surface area (Å²) in [6.45, 7) is 0. The lowest BCUT2D eigenvalue weighted by atomic mass is 10.0. The summed E-state index contributed by atoms with van der Waals surface area (Å²) in [6.07, 6.45) is 0.227. The first kappa shape index (κ1) is 24.9. The van der Waals surface area contributed by atoms with Gasteiger partial charge in [-0.1, -0.05) is 24.3 Å². The Morgan fingerprint density at radius 1 is 1.10 bits per heavy atom. The molecule has 1 fully saturated rings. The lowest BCUT2D eigenvalue weighted by molar-refractivity contribution is -0.140. The first-order chi connectivity index (χ1) is 18.6. The number of H-pyrrole nitrogens is 1. The molecule has 9 nitrogen and oxygen atoms in total. The maximum absolute atomic E-state index is 15.1. The molecule has 0 radical (unpaired) electrons. The van der Waals surface area contributed by atoms with Crippen LogP contribution in [0.3, 0.4) is 0 Å². The van der Waals surface area contributed by atoms with Crippen LogP contribution in [0.5, 0.6) is 5.88 Å². The second-order valence-electron chi connectivity index (χ2n) is 9.35. The third-order valence-electron chi connectivity index (χ3n) is 6.73. The molecule has 5 aromatic rings. The molecule has 4 aromatic heterocycles. The van der Waals surface area contributed by atoms with Crippen LogP contribution in [0.4, 0.5) is 17.6 Å². The van der Waals surface area contributed by atoms with E-state index in [9.17, 15) is 18.3 Å². The van der Waals surface area contributed by atoms with Gasteiger partial charge in [-0.25, -0.2) is 29.3 Å². The molecule has 1 aliphatic carbocycles. The quantitative estimate of drug-likeness (QED) is 0.296. The summed E-state index contributed by atoms with van der Waals surface area (Å²) in [6, 6.07) is 6.39. The standard InChI is InChI=1S/C26H21F4N7O2/c1-37-11-17(26(28,29)30)35-23(37)14-5-3-13(4-6-14)20(38)15-9-31-16-10-32-22(36-19(15)16)18-21(25(27)7-8-25)33-12-34-24(18)39-2/h3-6,9-12,20,31,38H,7-8H2,1-2H3. The summed E-state index contributed by atoms with van der Waals surface area (Å²) in [5.74, 6) is 0.431. The number of fused-ring (bicyclic) bond motifs is 1. The van der Waals surface area contributed by atoms with E-state index >= 15 is 4.39 Å². The fourth-order valence-electron chi connectivity index (χ4n) is 4.54. The molecule has 2 N–H and O–H groups in total. The van der Waals surface area contributed by atoms with Crippen LogP contribution in [0.1, 0.15) is 41.5 Å². The van der Waals surface area contributed by atoms with Crippen molar-refractivity contribution in [3.63, 3.8) is 0 Å². The topological polar surface area (TPSA) is 115 Å². The highest BCUT2D eigenvalue weighted by Crippen LogP contribution is 2.52. The van der Waals surface area contributed by atoms with Crippen LogP contribution in [0.2, 0.25) is 0 Å². The van der Waals surface area contributed by atoms with Crippen molar-refractivity contribution in [2.24, 2.45) is 7.05 Å². The SMILES string of the molecule is COc1ncnc(C2(F)CC2)c1-c1ncc2[nH]cc(C(O)c3ccc(-c4nc(C(F)(F)F)cn4C)cc3)c2n1. The number of aryl methyl sites for hydroxylation is 1. The Morgan fingerprint density at radius 2 is 1.85 bits per heavy atom. The van der Waals surface area contributed by atoms with E-state index in [0.29, 0.717) is 40.6 Å². The second kappa shape index (κ2) is 8.83. The monoisotopic (exact) mass is 539 g/mol. The fraction of sp³-hybridized carbons (Fsp3) is 0.269. The van der Waals surface area contributed by atoms with Gasteiger partial charge in [-0.2, -0.15) is 13.2 Å². The predicted molar refractivity (Wildman–Crippen MR) is 131 cm³/mol. The Bertz CT molecular complexity index is 1690. The molecule has 0 spiro atoms. The molecule has 39 heavy (non-hydrogen) atoms. The van der Waals surface area contributed by atoms with Crippen LogP contribution >= 0.6 is 0 Å². The molecule has 0 saturated heterocycles. The van der Waals surface area contributed by atoms with E-state index in [0.717, 1.165) is 6.20 Å². The molecule has 0 amide bonds. The Kier molecular flexibility index (Phi) is 5.64. The van der Waals surface area contributed by atoms with Gasteiger partial charge in [0.2, 0.25) is 5.88 Å². The number of ether oxygens (including phenoxy) is 1. The average molecular weight is 539 g/mol. The summed E-state index contributed by atoms with van der Waals surface area (Å²) < 4.78 is 60.9. The van der Waals surface area contributed by atoms with Crippen LogP contribution in [-0.4, -0.2) is 46.7 Å². The van der Waals surface area contributed by atoms with Crippen LogP contribution in [0.15, 0.2) is 49.2 Å². The Balaban J connectivity index is 1.36. The van der Waals surface area contributed by atoms with Gasteiger partial charge in [0.05, 0.1) is 30.0 Å². The lowest BCUT2D eigenvalue weighted by Gasteiger charge is -2.14. The number of nitrogens with one attached hydrogen (secondary N) is 1. The number of aromatic nitrogens is 7. The van der Waals surface area contributed by atoms with Crippen molar-refractivity contribution in [1.82, 2.24) is 34.5 Å². The highest BCUT2D eigenvalue weighted by atomic mass is 19.4. The number of hydrogen-bond acceptors (Lipinski definition) is 7. The third kappa shape index (κ3) is 4.28. The smallest absolute Gasteiger partial charge is 0.434 e. The van der Waals surface area contributed by atoms with E-state index in [1.54, 1.807) is 30.5 Å². The van der Waals surface area contributed by atoms with Gasteiger partial charge in [-0.15, -0.1) is 0 Å². The molecule has 1 atom stereocenters. The highest BCUT2D eigenvalue weighted by Gasteiger charge is 2.49. The largest absolute Gasteiger partial charge is 0.480 e. The van der Waals surface area contributed by atoms with Crippen LogP contribution in [0.25, 0.3) is 33.8 Å². The van der Waals surface area contributed by atoms with Crippen molar-refractivity contribution >= 4 is 11.0 Å². The molecule has 1 saturated carbocycles. The van der Waals surface area contributed by atoms with Gasteiger partial charge in [0, 0.05) is 30.6 Å². The first-order valence-electron chi connectivity index (χ1n) is 11.9. The number of halogens is 4. The molecule has 1 aliphatic rings. The van der Waals surface area contributed by atoms with Crippen LogP contribution in [0, 0.1) is 0 Å². The van der Waals surface area contributed by atoms with Crippen molar-refractivity contribution in [3.8, 4) is 28.7 Å². The lowest BCUT2D eigenvalue weighted by Crippen LogP contribution is -2.09. The van der Waals surface area contributed by atoms with Gasteiger partial charge in [0.1, 0.15) is 23.8 Å². The van der Waals surface area contributed by atoms with Crippen molar-refractivity contribution in [2.45, 2.75) is 30.8 Å². The Labute approximate surface area is 218 Å². The Hall–Kier alpha value is -4.39. The van der Waals surface area contributed by atoms with Crippen LogP contribution < -0.4 is 4.74 Å². The molecule has 6 rings (SSSR count). The summed E-state index contributed by atoms with van der Waals surface area (Å²) in [4.78, 5) is 24.0. The minimum absolute atomic E-state index is 0.138. The van der Waals surface area contributed by atoms with Crippen molar-refractivity contribution in [3.05, 3.63) is 71.7 Å². The van der Waals surface area contributed by atoms with Gasteiger partial charge in [-0.3, -0.25) is 0 Å². The van der Waals surface area contributed by atoms with E-state index in [1.807, 2.05) is 0 Å². The third-order valence-corrected chi connectivity index (χ3v) is 6.73. The number of alkyl halides is 4. The summed E-state index contributed by atoms with van der Waals surface area (Å²) in [5, 5.41) is 11.2. The van der Waals surface area contributed by atoms with E-state index in [2.05, 4.69) is 29.9 Å². The van der Waals surface area contributed by atoms with E-state index in [4.69, 9.17) is 4.74 Å². The van der Waals surface area contributed by atoms with Gasteiger partial charge in [0.25, 0.3) is 0 Å². The summed E-state index contributed by atoms with van der Waals surface area (Å²) >= 11 is 0. The van der Waals surface area contributed by atoms with Gasteiger partial charge in [-0.05, 0) is 18.4 Å². The zero-order valence-electron chi connectivity index (χ0n) is 20.7. The van der Waals surface area contributed by atoms with Crippen LogP contribution in [-0.2, 0) is 18.9 Å². The van der Waals surface area contributed by atoms with E-state index in [-0.39, 0.29) is 28.8 Å². The second-order valence-corrected chi connectivity index (χ2v) is 9.35. The van der Waals surface area contributed by atoms with E-state index < -0.39 is 23.6 Å².